The van der Waals surface area contributed by atoms with Crippen molar-refractivity contribution < 1.29 is 14.3 Å². The van der Waals surface area contributed by atoms with Crippen molar-refractivity contribution in [1.82, 2.24) is 14.7 Å². The molecule has 1 saturated carbocycles. The van der Waals surface area contributed by atoms with E-state index in [-0.39, 0.29) is 23.8 Å². The normalized spacial score (nSPS) is 23.2. The van der Waals surface area contributed by atoms with Gasteiger partial charge in [-0.3, -0.25) is 14.5 Å². The van der Waals surface area contributed by atoms with Gasteiger partial charge in [-0.2, -0.15) is 0 Å². The van der Waals surface area contributed by atoms with Crippen LogP contribution in [0.15, 0.2) is 18.2 Å². The van der Waals surface area contributed by atoms with E-state index in [0.29, 0.717) is 18.1 Å². The van der Waals surface area contributed by atoms with E-state index in [4.69, 9.17) is 16.3 Å². The Morgan fingerprint density at radius 2 is 1.71 bits per heavy atom. The van der Waals surface area contributed by atoms with E-state index in [0.717, 1.165) is 76.0 Å². The number of carbonyl (C=O) groups excluding carboxylic acids is 2. The van der Waals surface area contributed by atoms with Gasteiger partial charge < -0.3 is 14.5 Å². The van der Waals surface area contributed by atoms with Gasteiger partial charge in [0.15, 0.2) is 0 Å². The van der Waals surface area contributed by atoms with E-state index in [1.807, 2.05) is 28.0 Å². The maximum atomic E-state index is 13.3. The van der Waals surface area contributed by atoms with Crippen LogP contribution < -0.4 is 4.74 Å². The van der Waals surface area contributed by atoms with Crippen molar-refractivity contribution in [3.63, 3.8) is 0 Å². The molecule has 1 aromatic carbocycles. The highest BCUT2D eigenvalue weighted by Gasteiger charge is 2.39. The number of methoxy groups -OCH3 is 1. The second-order valence-electron chi connectivity index (χ2n) is 9.08. The lowest BCUT2D eigenvalue weighted by molar-refractivity contribution is -0.147. The van der Waals surface area contributed by atoms with Crippen LogP contribution in [0.25, 0.3) is 0 Å². The highest BCUT2D eigenvalue weighted by Crippen LogP contribution is 2.30. The largest absolute Gasteiger partial charge is 0.496 e. The molecular formula is C24H34ClN3O3. The Kier molecular flexibility index (Phi) is 7.39. The summed E-state index contributed by atoms with van der Waals surface area (Å²) in [5, 5.41) is 0.702. The molecular weight excluding hydrogens is 414 g/mol. The topological polar surface area (TPSA) is 53.1 Å². The van der Waals surface area contributed by atoms with Crippen LogP contribution in [0, 0.1) is 5.92 Å². The molecule has 6 nitrogen and oxygen atoms in total. The van der Waals surface area contributed by atoms with Crippen LogP contribution in [-0.2, 0) is 16.1 Å². The van der Waals surface area contributed by atoms with Gasteiger partial charge >= 0.3 is 0 Å². The van der Waals surface area contributed by atoms with Gasteiger partial charge in [0.05, 0.1) is 7.11 Å². The molecule has 2 amide bonds. The molecule has 0 bridgehead atoms. The van der Waals surface area contributed by atoms with Crippen molar-refractivity contribution in [2.24, 2.45) is 5.92 Å². The SMILES string of the molecule is COc1ccc(Cl)cc1CN1CCN(C(=O)C2CCCN2C(=O)C2CCCCC2)CC1. The summed E-state index contributed by atoms with van der Waals surface area (Å²) in [6.07, 6.45) is 7.23. The first-order valence-electron chi connectivity index (χ1n) is 11.7. The molecule has 2 heterocycles. The molecule has 4 rings (SSSR count). The number of carbonyl (C=O) groups is 2. The van der Waals surface area contributed by atoms with Crippen LogP contribution in [0.1, 0.15) is 50.5 Å². The fourth-order valence-electron chi connectivity index (χ4n) is 5.32. The third kappa shape index (κ3) is 5.17. The van der Waals surface area contributed by atoms with Crippen LogP contribution in [0.5, 0.6) is 5.75 Å². The predicted octanol–water partition coefficient (Wildman–Crippen LogP) is 3.56. The lowest BCUT2D eigenvalue weighted by atomic mass is 9.88. The van der Waals surface area contributed by atoms with Crippen molar-refractivity contribution in [2.45, 2.75) is 57.5 Å². The molecule has 2 aliphatic heterocycles. The highest BCUT2D eigenvalue weighted by molar-refractivity contribution is 6.30. The van der Waals surface area contributed by atoms with Gasteiger partial charge in [0.2, 0.25) is 11.8 Å². The number of amides is 2. The van der Waals surface area contributed by atoms with Crippen molar-refractivity contribution in [1.29, 1.82) is 0 Å². The summed E-state index contributed by atoms with van der Waals surface area (Å²) in [6.45, 7) is 4.50. The minimum absolute atomic E-state index is 0.131. The number of hydrogen-bond donors (Lipinski definition) is 0. The predicted molar refractivity (Wildman–Crippen MR) is 121 cm³/mol. The van der Waals surface area contributed by atoms with Crippen molar-refractivity contribution in [2.75, 3.05) is 39.8 Å². The van der Waals surface area contributed by atoms with Crippen molar-refractivity contribution in [3.05, 3.63) is 28.8 Å². The molecule has 170 valence electrons. The second kappa shape index (κ2) is 10.2. The standard InChI is InChI=1S/C24H34ClN3O3/c1-31-22-10-9-20(25)16-19(22)17-26-12-14-27(15-13-26)24(30)21-8-5-11-28(21)23(29)18-6-3-2-4-7-18/h9-10,16,18,21H,2-8,11-15,17H2,1H3. The number of rotatable bonds is 5. The summed E-state index contributed by atoms with van der Waals surface area (Å²) >= 11 is 6.17. The summed E-state index contributed by atoms with van der Waals surface area (Å²) in [5.74, 6) is 1.33. The first kappa shape index (κ1) is 22.4. The number of nitrogens with zero attached hydrogens (tertiary/aromatic N) is 3. The molecule has 1 aliphatic carbocycles. The third-order valence-corrected chi connectivity index (χ3v) is 7.33. The van der Waals surface area contributed by atoms with E-state index in [9.17, 15) is 9.59 Å². The fourth-order valence-corrected chi connectivity index (χ4v) is 5.51. The summed E-state index contributed by atoms with van der Waals surface area (Å²) in [5.41, 5.74) is 1.06. The first-order valence-corrected chi connectivity index (χ1v) is 12.1. The van der Waals surface area contributed by atoms with Gasteiger partial charge in [-0.1, -0.05) is 30.9 Å². The molecule has 3 aliphatic rings. The first-order chi connectivity index (χ1) is 15.1. The van der Waals surface area contributed by atoms with Gasteiger partial charge in [0.1, 0.15) is 11.8 Å². The van der Waals surface area contributed by atoms with E-state index < -0.39 is 0 Å². The fraction of sp³-hybridized carbons (Fsp3) is 0.667. The number of halogens is 1. The van der Waals surface area contributed by atoms with Gasteiger partial charge in [0, 0.05) is 55.8 Å². The van der Waals surface area contributed by atoms with E-state index in [1.54, 1.807) is 7.11 Å². The maximum absolute atomic E-state index is 13.3. The number of hydrogen-bond acceptors (Lipinski definition) is 4. The average Bonchev–Trinajstić information content (AvgIpc) is 3.29. The Balaban J connectivity index is 1.32. The van der Waals surface area contributed by atoms with Crippen LogP contribution in [-0.4, -0.2) is 72.4 Å². The van der Waals surface area contributed by atoms with Gasteiger partial charge in [-0.25, -0.2) is 0 Å². The van der Waals surface area contributed by atoms with Crippen molar-refractivity contribution in [3.8, 4) is 5.75 Å². The molecule has 7 heteroatoms. The number of piperazine rings is 1. The quantitative estimate of drug-likeness (QED) is 0.692. The molecule has 2 saturated heterocycles. The van der Waals surface area contributed by atoms with E-state index in [2.05, 4.69) is 4.90 Å². The highest BCUT2D eigenvalue weighted by atomic mass is 35.5. The smallest absolute Gasteiger partial charge is 0.245 e. The Bertz CT molecular complexity index is 788. The van der Waals surface area contributed by atoms with Gasteiger partial charge in [-0.15, -0.1) is 0 Å². The number of benzene rings is 1. The monoisotopic (exact) mass is 447 g/mol. The lowest BCUT2D eigenvalue weighted by Gasteiger charge is -2.38. The summed E-state index contributed by atoms with van der Waals surface area (Å²) < 4.78 is 5.47. The van der Waals surface area contributed by atoms with Crippen LogP contribution >= 0.6 is 11.6 Å². The lowest BCUT2D eigenvalue weighted by Crippen LogP contribution is -2.54. The zero-order valence-electron chi connectivity index (χ0n) is 18.5. The minimum atomic E-state index is -0.256. The third-order valence-electron chi connectivity index (χ3n) is 7.10. The maximum Gasteiger partial charge on any atom is 0.245 e. The van der Waals surface area contributed by atoms with Crippen LogP contribution in [0.3, 0.4) is 0 Å². The molecule has 0 spiro atoms. The van der Waals surface area contributed by atoms with Gasteiger partial charge in [-0.05, 0) is 43.9 Å². The molecule has 31 heavy (non-hydrogen) atoms. The summed E-state index contributed by atoms with van der Waals surface area (Å²) in [7, 11) is 1.67. The zero-order valence-corrected chi connectivity index (χ0v) is 19.3. The Morgan fingerprint density at radius 1 is 0.968 bits per heavy atom. The summed E-state index contributed by atoms with van der Waals surface area (Å²) in [6, 6.07) is 5.43. The van der Waals surface area contributed by atoms with E-state index >= 15 is 0 Å². The van der Waals surface area contributed by atoms with Crippen molar-refractivity contribution >= 4 is 23.4 Å². The molecule has 0 aromatic heterocycles. The van der Waals surface area contributed by atoms with Gasteiger partial charge in [0.25, 0.3) is 0 Å². The number of ether oxygens (including phenoxy) is 1. The van der Waals surface area contributed by atoms with E-state index in [1.165, 1.54) is 6.42 Å². The Hall–Kier alpha value is -1.79. The molecule has 0 N–H and O–H groups in total. The van der Waals surface area contributed by atoms with Crippen LogP contribution in [0.2, 0.25) is 5.02 Å². The summed E-state index contributed by atoms with van der Waals surface area (Å²) in [4.78, 5) is 32.5. The minimum Gasteiger partial charge on any atom is -0.496 e. The molecule has 0 radical (unpaired) electrons. The van der Waals surface area contributed by atoms with Crippen LogP contribution in [0.4, 0.5) is 0 Å². The Morgan fingerprint density at radius 3 is 2.42 bits per heavy atom. The zero-order chi connectivity index (χ0) is 21.8. The molecule has 1 atom stereocenters. The molecule has 3 fully saturated rings. The molecule has 1 aromatic rings. The Labute approximate surface area is 190 Å². The number of likely N-dealkylation sites (tertiary alicyclic amines) is 1. The second-order valence-corrected chi connectivity index (χ2v) is 9.52. The molecule has 1 unspecified atom stereocenters. The average molecular weight is 448 g/mol.